The number of aromatic nitrogens is 2. The predicted octanol–water partition coefficient (Wildman–Crippen LogP) is 5.74. The van der Waals surface area contributed by atoms with Gasteiger partial charge in [-0.05, 0) is 34.5 Å². The fourth-order valence-electron chi connectivity index (χ4n) is 2.89. The monoisotopic (exact) mass is 376 g/mol. The van der Waals surface area contributed by atoms with Gasteiger partial charge in [0, 0.05) is 10.9 Å². The molecule has 1 aromatic heterocycles. The number of hydrogen-bond donors (Lipinski definition) is 1. The minimum atomic E-state index is -0.965. The molecule has 1 N–H and O–H groups in total. The summed E-state index contributed by atoms with van der Waals surface area (Å²) in [5.41, 5.74) is -0.567. The van der Waals surface area contributed by atoms with Crippen molar-refractivity contribution in [2.45, 2.75) is 0 Å². The van der Waals surface area contributed by atoms with Crippen molar-refractivity contribution >= 4 is 44.9 Å². The normalized spacial score (nSPS) is 11.4. The molecule has 7 heteroatoms. The Morgan fingerprint density at radius 3 is 2.44 bits per heavy atom. The van der Waals surface area contributed by atoms with Crippen LogP contribution in [0.5, 0.6) is 5.75 Å². The summed E-state index contributed by atoms with van der Waals surface area (Å²) in [5.74, 6) is -2.10. The third-order valence-electron chi connectivity index (χ3n) is 3.97. The number of nitrogens with zero attached hydrogens (tertiary/aromatic N) is 2. The molecular weight excluding hydrogens is 369 g/mol. The van der Waals surface area contributed by atoms with Gasteiger partial charge in [-0.25, -0.2) is 18.7 Å². The van der Waals surface area contributed by atoms with Gasteiger partial charge in [0.1, 0.15) is 22.2 Å². The smallest absolute Gasteiger partial charge is 0.224 e. The average molecular weight is 377 g/mol. The van der Waals surface area contributed by atoms with Crippen LogP contribution in [0.15, 0.2) is 42.5 Å². The van der Waals surface area contributed by atoms with E-state index >= 15 is 4.39 Å². The quantitative estimate of drug-likeness (QED) is 0.340. The van der Waals surface area contributed by atoms with E-state index in [4.69, 9.17) is 23.2 Å². The Kier molecular flexibility index (Phi) is 3.71. The topological polar surface area (TPSA) is 46.0 Å². The lowest BCUT2D eigenvalue weighted by atomic mass is 9.95. The van der Waals surface area contributed by atoms with E-state index in [9.17, 15) is 9.50 Å². The molecule has 0 unspecified atom stereocenters. The molecule has 25 heavy (non-hydrogen) atoms. The zero-order chi connectivity index (χ0) is 17.7. The van der Waals surface area contributed by atoms with Crippen molar-refractivity contribution in [2.75, 3.05) is 0 Å². The molecule has 0 fully saturated rings. The molecule has 0 saturated heterocycles. The summed E-state index contributed by atoms with van der Waals surface area (Å²) in [6.45, 7) is 0. The third-order valence-corrected chi connectivity index (χ3v) is 4.42. The highest BCUT2D eigenvalue weighted by Crippen LogP contribution is 2.41. The molecule has 0 amide bonds. The van der Waals surface area contributed by atoms with Crippen molar-refractivity contribution in [3.05, 3.63) is 64.5 Å². The van der Waals surface area contributed by atoms with Crippen LogP contribution in [0.1, 0.15) is 0 Å². The number of halogens is 4. The number of rotatable bonds is 1. The fourth-order valence-corrected chi connectivity index (χ4v) is 3.32. The molecule has 4 aromatic rings. The second kappa shape index (κ2) is 5.79. The summed E-state index contributed by atoms with van der Waals surface area (Å²) < 4.78 is 29.9. The van der Waals surface area contributed by atoms with Crippen LogP contribution in [-0.2, 0) is 0 Å². The number of phenols is 1. The molecule has 3 nitrogen and oxygen atoms in total. The van der Waals surface area contributed by atoms with Crippen LogP contribution >= 0.6 is 23.2 Å². The van der Waals surface area contributed by atoms with Gasteiger partial charge >= 0.3 is 0 Å². The van der Waals surface area contributed by atoms with Gasteiger partial charge < -0.3 is 5.11 Å². The van der Waals surface area contributed by atoms with E-state index in [-0.39, 0.29) is 32.7 Å². The van der Waals surface area contributed by atoms with Crippen LogP contribution in [0, 0.1) is 11.6 Å². The van der Waals surface area contributed by atoms with Crippen LogP contribution < -0.4 is 0 Å². The molecule has 124 valence electrons. The van der Waals surface area contributed by atoms with E-state index in [0.29, 0.717) is 5.39 Å². The molecule has 0 radical (unpaired) electrons. The Bertz CT molecular complexity index is 1170. The highest BCUT2D eigenvalue weighted by Gasteiger charge is 2.23. The predicted molar refractivity (Wildman–Crippen MR) is 94.1 cm³/mol. The molecule has 0 spiro atoms. The number of benzene rings is 3. The highest BCUT2D eigenvalue weighted by molar-refractivity contribution is 6.35. The van der Waals surface area contributed by atoms with E-state index in [1.807, 2.05) is 0 Å². The summed E-state index contributed by atoms with van der Waals surface area (Å²) in [7, 11) is 0. The number of aromatic hydroxyl groups is 1. The summed E-state index contributed by atoms with van der Waals surface area (Å²) in [4.78, 5) is 7.51. The molecule has 4 rings (SSSR count). The second-order valence-electron chi connectivity index (χ2n) is 5.41. The van der Waals surface area contributed by atoms with Crippen LogP contribution in [0.25, 0.3) is 32.8 Å². The Balaban J connectivity index is 2.18. The first kappa shape index (κ1) is 16.0. The molecule has 3 aromatic carbocycles. The fraction of sp³-hybridized carbons (Fsp3) is 0. The van der Waals surface area contributed by atoms with Crippen LogP contribution in [0.3, 0.4) is 0 Å². The Hall–Kier alpha value is -2.50. The summed E-state index contributed by atoms with van der Waals surface area (Å²) in [5, 5.41) is 11.1. The minimum Gasteiger partial charge on any atom is -0.507 e. The van der Waals surface area contributed by atoms with Gasteiger partial charge in [0.05, 0.1) is 5.56 Å². The molecule has 0 aliphatic carbocycles. The van der Waals surface area contributed by atoms with Crippen molar-refractivity contribution in [2.24, 2.45) is 0 Å². The molecule has 1 heterocycles. The number of hydrogen-bond acceptors (Lipinski definition) is 3. The van der Waals surface area contributed by atoms with E-state index in [1.54, 1.807) is 30.3 Å². The molecule has 0 aliphatic rings. The van der Waals surface area contributed by atoms with Crippen LogP contribution in [-0.4, -0.2) is 15.1 Å². The van der Waals surface area contributed by atoms with Crippen molar-refractivity contribution in [1.82, 2.24) is 9.97 Å². The minimum absolute atomic E-state index is 0.00421. The summed E-state index contributed by atoms with van der Waals surface area (Å²) in [6, 6.07) is 11.1. The Labute approximate surface area is 150 Å². The molecular formula is C18H8Cl2F2N2O. The van der Waals surface area contributed by atoms with Gasteiger partial charge in [-0.15, -0.1) is 0 Å². The van der Waals surface area contributed by atoms with Crippen molar-refractivity contribution in [3.8, 4) is 16.9 Å². The van der Waals surface area contributed by atoms with Crippen LogP contribution in [0.2, 0.25) is 10.4 Å². The zero-order valence-corrected chi connectivity index (χ0v) is 13.9. The van der Waals surface area contributed by atoms with E-state index in [0.717, 1.165) is 11.5 Å². The average Bonchev–Trinajstić information content (AvgIpc) is 2.58. The lowest BCUT2D eigenvalue weighted by Gasteiger charge is -2.13. The van der Waals surface area contributed by atoms with Crippen LogP contribution in [0.4, 0.5) is 8.78 Å². The van der Waals surface area contributed by atoms with Crippen molar-refractivity contribution in [1.29, 1.82) is 0 Å². The molecule has 0 aliphatic heterocycles. The van der Waals surface area contributed by atoms with E-state index in [2.05, 4.69) is 9.97 Å². The van der Waals surface area contributed by atoms with Gasteiger partial charge in [-0.3, -0.25) is 0 Å². The largest absolute Gasteiger partial charge is 0.507 e. The van der Waals surface area contributed by atoms with Crippen molar-refractivity contribution in [3.63, 3.8) is 0 Å². The Morgan fingerprint density at radius 1 is 0.880 bits per heavy atom. The first-order valence-corrected chi connectivity index (χ1v) is 7.95. The second-order valence-corrected chi connectivity index (χ2v) is 6.10. The van der Waals surface area contributed by atoms with Gasteiger partial charge in [0.15, 0.2) is 5.82 Å². The summed E-state index contributed by atoms with van der Waals surface area (Å²) >= 11 is 11.7. The maximum Gasteiger partial charge on any atom is 0.224 e. The van der Waals surface area contributed by atoms with E-state index in [1.165, 1.54) is 6.07 Å². The Morgan fingerprint density at radius 2 is 1.64 bits per heavy atom. The van der Waals surface area contributed by atoms with Gasteiger partial charge in [0.25, 0.3) is 0 Å². The van der Waals surface area contributed by atoms with Gasteiger partial charge in [-0.2, -0.15) is 0 Å². The van der Waals surface area contributed by atoms with E-state index < -0.39 is 17.2 Å². The number of phenolic OH excluding ortho intramolecular Hbond substituents is 1. The van der Waals surface area contributed by atoms with Gasteiger partial charge in [-0.1, -0.05) is 41.9 Å². The molecule has 0 saturated carbocycles. The third kappa shape index (κ3) is 2.47. The summed E-state index contributed by atoms with van der Waals surface area (Å²) in [6.07, 6.45) is 0. The van der Waals surface area contributed by atoms with Crippen molar-refractivity contribution < 1.29 is 13.9 Å². The zero-order valence-electron chi connectivity index (χ0n) is 12.4. The lowest BCUT2D eigenvalue weighted by Crippen LogP contribution is -1.98. The maximum absolute atomic E-state index is 15.1. The maximum atomic E-state index is 15.1. The molecule has 0 atom stereocenters. The first-order chi connectivity index (χ1) is 12.0. The standard InChI is InChI=1S/C18H8Cl2F2N2O/c19-17-10-7-11(21)14(15(22)16(10)23-18(20)24-17)13-9-4-2-1-3-8(9)5-6-12(13)25/h1-7,25H. The number of fused-ring (bicyclic) bond motifs is 2. The van der Waals surface area contributed by atoms with Gasteiger partial charge in [0.2, 0.25) is 5.28 Å². The first-order valence-electron chi connectivity index (χ1n) is 7.19. The lowest BCUT2D eigenvalue weighted by molar-refractivity contribution is 0.476. The molecule has 0 bridgehead atoms. The SMILES string of the molecule is Oc1ccc2ccccc2c1-c1c(F)cc2c(Cl)nc(Cl)nc2c1F. The highest BCUT2D eigenvalue weighted by atomic mass is 35.5.